The number of rotatable bonds is 1. The molecule has 0 saturated carbocycles. The highest BCUT2D eigenvalue weighted by Crippen LogP contribution is 2.07. The van der Waals surface area contributed by atoms with E-state index in [0.717, 1.165) is 4.57 Å². The normalized spacial score (nSPS) is 10.4. The molecule has 19 heavy (non-hydrogen) atoms. The molecule has 1 aromatic heterocycles. The zero-order valence-corrected chi connectivity index (χ0v) is 12.5. The molecule has 0 aliphatic rings. The van der Waals surface area contributed by atoms with Crippen LogP contribution in [0.15, 0.2) is 17.2 Å². The second-order valence-corrected chi connectivity index (χ2v) is 5.10. The molecule has 0 atom stereocenters. The molecular weight excluding hydrogens is 293 g/mol. The molecule has 1 aromatic rings. The summed E-state index contributed by atoms with van der Waals surface area (Å²) in [5.41, 5.74) is 3.94. The topological polar surface area (TPSA) is 87.2 Å². The molecule has 1 rings (SSSR count). The first-order valence-electron chi connectivity index (χ1n) is 5.41. The number of carbonyl (C=O) groups is 1. The van der Waals surface area contributed by atoms with E-state index in [1.54, 1.807) is 20.8 Å². The number of anilines is 1. The number of hydrogen-bond acceptors (Lipinski definition) is 5. The lowest BCUT2D eigenvalue weighted by molar-refractivity contribution is 0.0530. The molecule has 0 bridgehead atoms. The maximum absolute atomic E-state index is 11.5. The third kappa shape index (κ3) is 7.03. The smallest absolute Gasteiger partial charge is 0.421 e. The molecular formula is C11H17Cl2N3O3. The van der Waals surface area contributed by atoms with Crippen LogP contribution in [0.5, 0.6) is 0 Å². The van der Waals surface area contributed by atoms with Gasteiger partial charge < -0.3 is 10.5 Å². The van der Waals surface area contributed by atoms with Gasteiger partial charge in [0.25, 0.3) is 0 Å². The highest BCUT2D eigenvalue weighted by molar-refractivity contribution is 6.25. The van der Waals surface area contributed by atoms with Gasteiger partial charge in [0.05, 0.1) is 0 Å². The summed E-state index contributed by atoms with van der Waals surface area (Å²) in [5.74, 6) is 0.881. The zero-order chi connectivity index (χ0) is 15.1. The van der Waals surface area contributed by atoms with Crippen LogP contribution < -0.4 is 11.3 Å². The number of nitrogens with zero attached hydrogens (tertiary/aromatic N) is 2. The van der Waals surface area contributed by atoms with Crippen LogP contribution >= 0.6 is 23.2 Å². The van der Waals surface area contributed by atoms with Crippen LogP contribution in [-0.2, 0) is 4.74 Å². The Bertz CT molecular complexity index is 467. The lowest BCUT2D eigenvalue weighted by atomic mass is 10.2. The summed E-state index contributed by atoms with van der Waals surface area (Å²) in [6.45, 7) is 5.13. The SMILES string of the molecule is CC(C)(C)OC(=O)n1ccnc(N)c1=O.ClCCCl. The molecule has 0 fully saturated rings. The second kappa shape index (κ2) is 8.01. The van der Waals surface area contributed by atoms with Crippen molar-refractivity contribution in [1.82, 2.24) is 9.55 Å². The Balaban J connectivity index is 0.000000711. The molecule has 0 radical (unpaired) electrons. The van der Waals surface area contributed by atoms with Crippen molar-refractivity contribution in [2.24, 2.45) is 0 Å². The standard InChI is InChI=1S/C9H13N3O3.C2H4Cl2/c1-9(2,3)15-8(14)12-5-4-11-6(10)7(12)13;3-1-2-4/h4-5H,1-3H3,(H2,10,11);1-2H2. The molecule has 108 valence electrons. The van der Waals surface area contributed by atoms with Gasteiger partial charge in [-0.1, -0.05) is 0 Å². The molecule has 0 aliphatic carbocycles. The summed E-state index contributed by atoms with van der Waals surface area (Å²) in [5, 5.41) is 0. The molecule has 6 nitrogen and oxygen atoms in total. The summed E-state index contributed by atoms with van der Waals surface area (Å²) in [6, 6.07) is 0. The number of nitrogen functional groups attached to an aromatic ring is 1. The van der Waals surface area contributed by atoms with Crippen LogP contribution in [0.4, 0.5) is 10.6 Å². The van der Waals surface area contributed by atoms with Gasteiger partial charge in [-0.25, -0.2) is 14.3 Å². The molecule has 0 spiro atoms. The summed E-state index contributed by atoms with van der Waals surface area (Å²) in [4.78, 5) is 26.4. The largest absolute Gasteiger partial charge is 0.443 e. The third-order valence-electron chi connectivity index (χ3n) is 1.53. The van der Waals surface area contributed by atoms with Crippen LogP contribution in [-0.4, -0.2) is 33.0 Å². The molecule has 2 N–H and O–H groups in total. The first-order valence-corrected chi connectivity index (χ1v) is 6.48. The lowest BCUT2D eigenvalue weighted by Gasteiger charge is -2.19. The summed E-state index contributed by atoms with van der Waals surface area (Å²) in [6.07, 6.45) is 1.72. The van der Waals surface area contributed by atoms with Crippen LogP contribution in [0.3, 0.4) is 0 Å². The number of nitrogens with two attached hydrogens (primary N) is 1. The van der Waals surface area contributed by atoms with E-state index in [0.29, 0.717) is 11.8 Å². The molecule has 0 aromatic carbocycles. The quantitative estimate of drug-likeness (QED) is 0.802. The predicted molar refractivity (Wildman–Crippen MR) is 76.0 cm³/mol. The minimum Gasteiger partial charge on any atom is -0.443 e. The van der Waals surface area contributed by atoms with Crippen LogP contribution in [0, 0.1) is 0 Å². The van der Waals surface area contributed by atoms with Crippen LogP contribution in [0.2, 0.25) is 0 Å². The molecule has 0 unspecified atom stereocenters. The van der Waals surface area contributed by atoms with Gasteiger partial charge >= 0.3 is 11.7 Å². The summed E-state index contributed by atoms with van der Waals surface area (Å²) in [7, 11) is 0. The van der Waals surface area contributed by atoms with Gasteiger partial charge in [0.15, 0.2) is 5.82 Å². The lowest BCUT2D eigenvalue weighted by Crippen LogP contribution is -2.34. The van der Waals surface area contributed by atoms with E-state index in [4.69, 9.17) is 33.7 Å². The van der Waals surface area contributed by atoms with Crippen molar-refractivity contribution in [1.29, 1.82) is 0 Å². The van der Waals surface area contributed by atoms with Crippen LogP contribution in [0.1, 0.15) is 20.8 Å². The minimum absolute atomic E-state index is 0.233. The van der Waals surface area contributed by atoms with Crippen molar-refractivity contribution in [3.05, 3.63) is 22.7 Å². The van der Waals surface area contributed by atoms with Gasteiger partial charge in [-0.05, 0) is 20.8 Å². The molecule has 0 amide bonds. The Morgan fingerprint density at radius 2 is 1.95 bits per heavy atom. The highest BCUT2D eigenvalue weighted by Gasteiger charge is 2.19. The van der Waals surface area contributed by atoms with Crippen molar-refractivity contribution in [2.75, 3.05) is 17.5 Å². The fraction of sp³-hybridized carbons (Fsp3) is 0.545. The van der Waals surface area contributed by atoms with E-state index < -0.39 is 17.3 Å². The number of ether oxygens (including phenoxy) is 1. The summed E-state index contributed by atoms with van der Waals surface area (Å²) < 4.78 is 5.79. The van der Waals surface area contributed by atoms with Crippen molar-refractivity contribution >= 4 is 35.1 Å². The number of alkyl halides is 2. The third-order valence-corrected chi connectivity index (χ3v) is 2.10. The van der Waals surface area contributed by atoms with Gasteiger partial charge in [0, 0.05) is 24.2 Å². The fourth-order valence-electron chi connectivity index (χ4n) is 0.882. The number of hydrogen-bond donors (Lipinski definition) is 1. The zero-order valence-electron chi connectivity index (χ0n) is 11.0. The molecule has 0 aliphatic heterocycles. The Labute approximate surface area is 121 Å². The Morgan fingerprint density at radius 1 is 1.42 bits per heavy atom. The Hall–Kier alpha value is -1.27. The van der Waals surface area contributed by atoms with Crippen molar-refractivity contribution < 1.29 is 9.53 Å². The van der Waals surface area contributed by atoms with Gasteiger partial charge in [0.2, 0.25) is 0 Å². The average Bonchev–Trinajstić information content (AvgIpc) is 2.30. The van der Waals surface area contributed by atoms with E-state index in [1.165, 1.54) is 12.4 Å². The van der Waals surface area contributed by atoms with Gasteiger partial charge in [-0.2, -0.15) is 0 Å². The van der Waals surface area contributed by atoms with E-state index in [-0.39, 0.29) is 5.82 Å². The van der Waals surface area contributed by atoms with Crippen LogP contribution in [0.25, 0.3) is 0 Å². The first kappa shape index (κ1) is 17.7. The highest BCUT2D eigenvalue weighted by atomic mass is 35.5. The maximum Gasteiger partial charge on any atom is 0.421 e. The number of halogens is 2. The van der Waals surface area contributed by atoms with Gasteiger partial charge in [0.1, 0.15) is 5.60 Å². The molecule has 1 heterocycles. The van der Waals surface area contributed by atoms with E-state index in [9.17, 15) is 9.59 Å². The van der Waals surface area contributed by atoms with Crippen molar-refractivity contribution in [3.63, 3.8) is 0 Å². The maximum atomic E-state index is 11.5. The van der Waals surface area contributed by atoms with Crippen molar-refractivity contribution in [2.45, 2.75) is 26.4 Å². The predicted octanol–water partition coefficient (Wildman–Crippen LogP) is 2.07. The van der Waals surface area contributed by atoms with E-state index in [1.807, 2.05) is 0 Å². The van der Waals surface area contributed by atoms with E-state index in [2.05, 4.69) is 4.98 Å². The van der Waals surface area contributed by atoms with Gasteiger partial charge in [-0.15, -0.1) is 23.2 Å². The summed E-state index contributed by atoms with van der Waals surface area (Å²) >= 11 is 10.1. The monoisotopic (exact) mass is 309 g/mol. The average molecular weight is 310 g/mol. The number of aromatic nitrogens is 2. The second-order valence-electron chi connectivity index (χ2n) is 4.35. The molecule has 0 saturated heterocycles. The van der Waals surface area contributed by atoms with Gasteiger partial charge in [-0.3, -0.25) is 4.79 Å². The number of carbonyl (C=O) groups excluding carboxylic acids is 1. The Morgan fingerprint density at radius 3 is 2.37 bits per heavy atom. The Kier molecular flexibility index (Phi) is 7.48. The first-order chi connectivity index (χ1) is 8.72. The minimum atomic E-state index is -0.762. The van der Waals surface area contributed by atoms with E-state index >= 15 is 0 Å². The van der Waals surface area contributed by atoms with Crippen molar-refractivity contribution in [3.8, 4) is 0 Å². The fourth-order valence-corrected chi connectivity index (χ4v) is 0.882. The molecule has 8 heteroatoms.